The van der Waals surface area contributed by atoms with Crippen molar-refractivity contribution in [2.24, 2.45) is 0 Å². The molecule has 0 aliphatic carbocycles. The van der Waals surface area contributed by atoms with E-state index in [1.807, 2.05) is 0 Å². The molecule has 0 saturated carbocycles. The molecule has 1 aromatic heterocycles. The summed E-state index contributed by atoms with van der Waals surface area (Å²) in [6.07, 6.45) is 0. The third-order valence-electron chi connectivity index (χ3n) is 9.26. The van der Waals surface area contributed by atoms with Crippen molar-refractivity contribution in [3.8, 4) is 5.75 Å². The summed E-state index contributed by atoms with van der Waals surface area (Å²) in [6.45, 7) is 13.0. The van der Waals surface area contributed by atoms with Gasteiger partial charge in [-0.1, -0.05) is 124 Å². The molecule has 228 valence electrons. The average molecular weight is 612 g/mol. The van der Waals surface area contributed by atoms with Gasteiger partial charge in [0.2, 0.25) is 0 Å². The van der Waals surface area contributed by atoms with E-state index in [-0.39, 0.29) is 5.04 Å². The van der Waals surface area contributed by atoms with E-state index in [0.717, 1.165) is 61.1 Å². The molecule has 0 N–H and O–H groups in total. The first-order valence-corrected chi connectivity index (χ1v) is 17.9. The van der Waals surface area contributed by atoms with Crippen LogP contribution in [0.3, 0.4) is 0 Å². The predicted molar refractivity (Wildman–Crippen MR) is 189 cm³/mol. The van der Waals surface area contributed by atoms with E-state index in [2.05, 4.69) is 152 Å². The minimum atomic E-state index is -2.89. The highest BCUT2D eigenvalue weighted by Crippen LogP contribution is 2.41. The molecule has 0 unspecified atom stereocenters. The normalized spacial score (nSPS) is 14.3. The van der Waals surface area contributed by atoms with E-state index in [9.17, 15) is 0 Å². The molecule has 5 nitrogen and oxygen atoms in total. The van der Waals surface area contributed by atoms with Gasteiger partial charge in [-0.3, -0.25) is 0 Å². The smallest absolute Gasteiger partial charge is 0.320 e. The van der Waals surface area contributed by atoms with Crippen LogP contribution in [0.1, 0.15) is 32.2 Å². The standard InChI is InChI=1S/C39H41N3O2Si/c1-29-40-38-36(42(29)28-31-16-13-15-30-14-11-12-21-35(30)31)26-32(41-22-24-43-25-23-41)27-37(38)44-45(39(2,3)4,33-17-7-5-8-18-33)34-19-9-6-10-20-34/h5-21,26-27H,22-25,28H2,1-4H3. The summed E-state index contributed by atoms with van der Waals surface area (Å²) in [5, 5.41) is 4.86. The minimum Gasteiger partial charge on any atom is -0.532 e. The predicted octanol–water partition coefficient (Wildman–Crippen LogP) is 7.32. The Labute approximate surface area is 267 Å². The minimum absolute atomic E-state index is 0.169. The number of hydrogen-bond donors (Lipinski definition) is 0. The van der Waals surface area contributed by atoms with Gasteiger partial charge in [-0.05, 0) is 44.7 Å². The number of anilines is 1. The fourth-order valence-electron chi connectivity index (χ4n) is 6.99. The van der Waals surface area contributed by atoms with Crippen LogP contribution in [-0.2, 0) is 11.3 Å². The number of hydrogen-bond acceptors (Lipinski definition) is 4. The first-order valence-electron chi connectivity index (χ1n) is 16.0. The van der Waals surface area contributed by atoms with Gasteiger partial charge >= 0.3 is 8.32 Å². The molecule has 1 fully saturated rings. The molecule has 1 aliphatic heterocycles. The van der Waals surface area contributed by atoms with Crippen molar-refractivity contribution in [3.63, 3.8) is 0 Å². The SMILES string of the molecule is Cc1nc2c(O[Si](c3ccccc3)(c3ccccc3)C(C)(C)C)cc(N3CCOCC3)cc2n1Cc1cccc2ccccc12. The lowest BCUT2D eigenvalue weighted by atomic mass is 10.0. The Morgan fingerprint density at radius 3 is 2.07 bits per heavy atom. The molecule has 6 aromatic rings. The number of imidazole rings is 1. The molecular formula is C39H41N3O2Si. The zero-order chi connectivity index (χ0) is 31.0. The van der Waals surface area contributed by atoms with Gasteiger partial charge in [-0.25, -0.2) is 4.98 Å². The molecule has 45 heavy (non-hydrogen) atoms. The van der Waals surface area contributed by atoms with Crippen molar-refractivity contribution >= 4 is 46.2 Å². The van der Waals surface area contributed by atoms with E-state index in [0.29, 0.717) is 0 Å². The van der Waals surface area contributed by atoms with Crippen LogP contribution in [0.15, 0.2) is 115 Å². The summed E-state index contributed by atoms with van der Waals surface area (Å²) in [4.78, 5) is 7.67. The van der Waals surface area contributed by atoms with E-state index in [4.69, 9.17) is 14.1 Å². The highest BCUT2D eigenvalue weighted by Gasteiger charge is 2.52. The molecule has 1 aliphatic rings. The molecule has 0 bridgehead atoms. The Kier molecular flexibility index (Phi) is 7.72. The lowest BCUT2D eigenvalue weighted by Gasteiger charge is -2.43. The number of rotatable bonds is 7. The molecule has 7 rings (SSSR count). The first-order chi connectivity index (χ1) is 21.8. The lowest BCUT2D eigenvalue weighted by molar-refractivity contribution is 0.122. The zero-order valence-corrected chi connectivity index (χ0v) is 27.7. The Bertz CT molecular complexity index is 1900. The van der Waals surface area contributed by atoms with Gasteiger partial charge in [-0.2, -0.15) is 0 Å². The van der Waals surface area contributed by atoms with Crippen molar-refractivity contribution in [1.82, 2.24) is 9.55 Å². The van der Waals surface area contributed by atoms with Crippen LogP contribution in [0.25, 0.3) is 21.8 Å². The average Bonchev–Trinajstić information content (AvgIpc) is 3.39. The topological polar surface area (TPSA) is 39.5 Å². The molecule has 0 spiro atoms. The molecule has 1 saturated heterocycles. The molecule has 0 radical (unpaired) electrons. The Morgan fingerprint density at radius 1 is 0.778 bits per heavy atom. The number of nitrogens with zero attached hydrogens (tertiary/aromatic N) is 3. The highest BCUT2D eigenvalue weighted by molar-refractivity contribution is 7.00. The van der Waals surface area contributed by atoms with Gasteiger partial charge in [0.05, 0.1) is 18.7 Å². The summed E-state index contributed by atoms with van der Waals surface area (Å²) in [5.74, 6) is 1.83. The third-order valence-corrected chi connectivity index (χ3v) is 14.2. The quantitative estimate of drug-likeness (QED) is 0.177. The Morgan fingerprint density at radius 2 is 1.40 bits per heavy atom. The van der Waals surface area contributed by atoms with Crippen LogP contribution in [0.5, 0.6) is 5.75 Å². The van der Waals surface area contributed by atoms with Crippen molar-refractivity contribution in [3.05, 3.63) is 127 Å². The summed E-state index contributed by atoms with van der Waals surface area (Å²) in [7, 11) is -2.89. The second-order valence-electron chi connectivity index (χ2n) is 13.1. The second kappa shape index (κ2) is 11.8. The van der Waals surface area contributed by atoms with Crippen LogP contribution in [0.2, 0.25) is 5.04 Å². The van der Waals surface area contributed by atoms with E-state index >= 15 is 0 Å². The van der Waals surface area contributed by atoms with Gasteiger partial charge in [0.1, 0.15) is 17.1 Å². The lowest BCUT2D eigenvalue weighted by Crippen LogP contribution is -2.68. The summed E-state index contributed by atoms with van der Waals surface area (Å²) >= 11 is 0. The number of ether oxygens (including phenoxy) is 1. The number of aryl methyl sites for hydroxylation is 1. The zero-order valence-electron chi connectivity index (χ0n) is 26.7. The van der Waals surface area contributed by atoms with Crippen LogP contribution in [0, 0.1) is 6.92 Å². The second-order valence-corrected chi connectivity index (χ2v) is 17.3. The molecule has 2 heterocycles. The van der Waals surface area contributed by atoms with Crippen molar-refractivity contribution < 1.29 is 9.16 Å². The number of fused-ring (bicyclic) bond motifs is 2. The summed E-state index contributed by atoms with van der Waals surface area (Å²) < 4.78 is 15.8. The first kappa shape index (κ1) is 29.3. The van der Waals surface area contributed by atoms with Crippen molar-refractivity contribution in [2.75, 3.05) is 31.2 Å². The maximum atomic E-state index is 7.68. The largest absolute Gasteiger partial charge is 0.532 e. The maximum Gasteiger partial charge on any atom is 0.320 e. The van der Waals surface area contributed by atoms with Crippen LogP contribution in [-0.4, -0.2) is 44.2 Å². The monoisotopic (exact) mass is 611 g/mol. The van der Waals surface area contributed by atoms with Gasteiger partial charge in [-0.15, -0.1) is 0 Å². The molecule has 0 atom stereocenters. The molecule has 5 aromatic carbocycles. The fourth-order valence-corrected chi connectivity index (χ4v) is 11.4. The number of morpholine rings is 1. The van der Waals surface area contributed by atoms with Crippen LogP contribution >= 0.6 is 0 Å². The van der Waals surface area contributed by atoms with Crippen LogP contribution in [0.4, 0.5) is 5.69 Å². The molecule has 0 amide bonds. The van der Waals surface area contributed by atoms with Gasteiger partial charge in [0.15, 0.2) is 0 Å². The summed E-state index contributed by atoms with van der Waals surface area (Å²) in [5.41, 5.74) is 4.44. The number of aromatic nitrogens is 2. The third kappa shape index (κ3) is 5.32. The van der Waals surface area contributed by atoms with E-state index < -0.39 is 8.32 Å². The Hall–Kier alpha value is -4.39. The molecular weight excluding hydrogens is 571 g/mol. The van der Waals surface area contributed by atoms with E-state index in [1.54, 1.807) is 0 Å². The number of benzene rings is 5. The van der Waals surface area contributed by atoms with Crippen molar-refractivity contribution in [2.45, 2.75) is 39.3 Å². The van der Waals surface area contributed by atoms with E-state index in [1.165, 1.54) is 26.7 Å². The van der Waals surface area contributed by atoms with Crippen molar-refractivity contribution in [1.29, 1.82) is 0 Å². The maximum absolute atomic E-state index is 7.68. The van der Waals surface area contributed by atoms with Gasteiger partial charge in [0, 0.05) is 31.4 Å². The fraction of sp³-hybridized carbons (Fsp3) is 0.256. The highest BCUT2D eigenvalue weighted by atomic mass is 28.4. The summed E-state index contributed by atoms with van der Waals surface area (Å²) in [6, 6.07) is 41.5. The molecule has 6 heteroatoms. The van der Waals surface area contributed by atoms with Crippen LogP contribution < -0.4 is 19.7 Å². The Balaban J connectivity index is 1.45. The van der Waals surface area contributed by atoms with Gasteiger partial charge in [0.25, 0.3) is 0 Å². The van der Waals surface area contributed by atoms with Gasteiger partial charge < -0.3 is 18.6 Å².